The average Bonchev–Trinajstić information content (AvgIpc) is 3.12. The lowest BCUT2D eigenvalue weighted by atomic mass is 10.3. The van der Waals surface area contributed by atoms with Crippen molar-refractivity contribution in [3.8, 4) is 0 Å². The zero-order valence-corrected chi connectivity index (χ0v) is 12.2. The van der Waals surface area contributed by atoms with E-state index in [9.17, 15) is 4.79 Å². The van der Waals surface area contributed by atoms with Gasteiger partial charge in [0.15, 0.2) is 5.82 Å². The maximum Gasteiger partial charge on any atom is 0.271 e. The first kappa shape index (κ1) is 14.2. The van der Waals surface area contributed by atoms with E-state index >= 15 is 0 Å². The molecule has 0 aliphatic rings. The molecule has 1 amide bonds. The fourth-order valence-corrected chi connectivity index (χ4v) is 2.06. The minimum atomic E-state index is -0.297. The van der Waals surface area contributed by atoms with E-state index in [4.69, 9.17) is 9.26 Å². The molecule has 0 saturated carbocycles. The van der Waals surface area contributed by atoms with E-state index in [1.807, 2.05) is 29.7 Å². The maximum absolute atomic E-state index is 12.1. The lowest BCUT2D eigenvalue weighted by Gasteiger charge is -1.97. The Balaban J connectivity index is 1.68. The number of methoxy groups -OCH3 is 1. The number of amides is 1. The molecule has 0 aromatic carbocycles. The molecule has 0 unspecified atom stereocenters. The molecule has 8 nitrogen and oxygen atoms in total. The Bertz CT molecular complexity index is 808. The van der Waals surface area contributed by atoms with Crippen LogP contribution in [0.5, 0.6) is 0 Å². The predicted molar refractivity (Wildman–Crippen MR) is 76.1 cm³/mol. The van der Waals surface area contributed by atoms with Crippen molar-refractivity contribution >= 4 is 11.6 Å². The van der Waals surface area contributed by atoms with Crippen LogP contribution in [-0.2, 0) is 17.9 Å². The largest absolute Gasteiger partial charge is 0.377 e. The molecule has 3 heterocycles. The highest BCUT2D eigenvalue weighted by atomic mass is 16.5. The summed E-state index contributed by atoms with van der Waals surface area (Å²) >= 11 is 0. The van der Waals surface area contributed by atoms with Gasteiger partial charge in [-0.25, -0.2) is 4.98 Å². The zero-order chi connectivity index (χ0) is 15.5. The zero-order valence-electron chi connectivity index (χ0n) is 12.2. The highest BCUT2D eigenvalue weighted by molar-refractivity contribution is 5.92. The number of hydrogen-bond acceptors (Lipinski definition) is 6. The van der Waals surface area contributed by atoms with Crippen molar-refractivity contribution in [3.63, 3.8) is 0 Å². The topological polar surface area (TPSA) is 94.6 Å². The third-order valence-corrected chi connectivity index (χ3v) is 3.09. The fraction of sp³-hybridized carbons (Fsp3) is 0.286. The van der Waals surface area contributed by atoms with Crippen LogP contribution in [0, 0.1) is 6.92 Å². The van der Waals surface area contributed by atoms with E-state index in [-0.39, 0.29) is 19.1 Å². The number of carbonyl (C=O) groups excluding carboxylic acids is 1. The van der Waals surface area contributed by atoms with Crippen LogP contribution in [0.25, 0.3) is 5.65 Å². The van der Waals surface area contributed by atoms with Gasteiger partial charge in [0.2, 0.25) is 5.89 Å². The molecule has 0 saturated heterocycles. The number of pyridine rings is 1. The summed E-state index contributed by atoms with van der Waals surface area (Å²) in [5, 5.41) is 6.42. The first-order chi connectivity index (χ1) is 10.7. The van der Waals surface area contributed by atoms with E-state index in [0.717, 1.165) is 11.2 Å². The third-order valence-electron chi connectivity index (χ3n) is 3.09. The number of aromatic nitrogens is 4. The van der Waals surface area contributed by atoms with Crippen LogP contribution < -0.4 is 5.32 Å². The van der Waals surface area contributed by atoms with Crippen molar-refractivity contribution in [1.29, 1.82) is 0 Å². The van der Waals surface area contributed by atoms with Gasteiger partial charge in [-0.2, -0.15) is 4.98 Å². The van der Waals surface area contributed by atoms with Gasteiger partial charge in [0, 0.05) is 19.5 Å². The van der Waals surface area contributed by atoms with Crippen LogP contribution >= 0.6 is 0 Å². The predicted octanol–water partition coefficient (Wildman–Crippen LogP) is 1.10. The van der Waals surface area contributed by atoms with Gasteiger partial charge in [0.05, 0.1) is 6.54 Å². The Hall–Kier alpha value is -2.74. The van der Waals surface area contributed by atoms with Gasteiger partial charge in [0.1, 0.15) is 17.9 Å². The summed E-state index contributed by atoms with van der Waals surface area (Å²) in [5.74, 6) is 0.463. The summed E-state index contributed by atoms with van der Waals surface area (Å²) in [6, 6.07) is 3.85. The van der Waals surface area contributed by atoms with Crippen molar-refractivity contribution in [3.05, 3.63) is 47.5 Å². The van der Waals surface area contributed by atoms with Gasteiger partial charge in [-0.05, 0) is 18.6 Å². The summed E-state index contributed by atoms with van der Waals surface area (Å²) in [6.07, 6.45) is 3.53. The molecule has 3 rings (SSSR count). The second kappa shape index (κ2) is 5.94. The molecular formula is C14H15N5O3. The molecule has 0 fully saturated rings. The molecule has 1 N–H and O–H groups in total. The normalized spacial score (nSPS) is 11.0. The summed E-state index contributed by atoms with van der Waals surface area (Å²) < 4.78 is 11.7. The smallest absolute Gasteiger partial charge is 0.271 e. The van der Waals surface area contributed by atoms with E-state index in [1.165, 1.54) is 0 Å². The molecule has 0 aliphatic carbocycles. The fourth-order valence-electron chi connectivity index (χ4n) is 2.06. The summed E-state index contributed by atoms with van der Waals surface area (Å²) in [4.78, 5) is 20.5. The molecule has 8 heteroatoms. The number of carbonyl (C=O) groups is 1. The molecule has 0 bridgehead atoms. The molecule has 3 aromatic heterocycles. The number of hydrogen-bond donors (Lipinski definition) is 1. The van der Waals surface area contributed by atoms with Crippen molar-refractivity contribution in [1.82, 2.24) is 24.8 Å². The van der Waals surface area contributed by atoms with Crippen LogP contribution in [0.2, 0.25) is 0 Å². The Labute approximate surface area is 126 Å². The highest BCUT2D eigenvalue weighted by Gasteiger charge is 2.13. The van der Waals surface area contributed by atoms with Gasteiger partial charge in [0.25, 0.3) is 5.91 Å². The number of nitrogens with one attached hydrogen (secondary N) is 1. The van der Waals surface area contributed by atoms with Crippen LogP contribution in [0.3, 0.4) is 0 Å². The number of fused-ring (bicyclic) bond motifs is 1. The van der Waals surface area contributed by atoms with E-state index in [0.29, 0.717) is 17.4 Å². The van der Waals surface area contributed by atoms with Gasteiger partial charge in [-0.15, -0.1) is 0 Å². The van der Waals surface area contributed by atoms with Gasteiger partial charge in [-0.3, -0.25) is 4.79 Å². The third kappa shape index (κ3) is 2.82. The minimum absolute atomic E-state index is 0.141. The van der Waals surface area contributed by atoms with Crippen LogP contribution in [0.4, 0.5) is 0 Å². The van der Waals surface area contributed by atoms with Crippen LogP contribution in [-0.4, -0.2) is 32.5 Å². The molecule has 0 radical (unpaired) electrons. The van der Waals surface area contributed by atoms with Crippen LogP contribution in [0.15, 0.2) is 29.0 Å². The number of ether oxygens (including phenoxy) is 1. The first-order valence-electron chi connectivity index (χ1n) is 6.70. The van der Waals surface area contributed by atoms with Crippen molar-refractivity contribution in [2.75, 3.05) is 7.11 Å². The summed E-state index contributed by atoms with van der Waals surface area (Å²) in [7, 11) is 1.54. The summed E-state index contributed by atoms with van der Waals surface area (Å²) in [6.45, 7) is 2.35. The molecule has 3 aromatic rings. The molecule has 0 spiro atoms. The number of aryl methyl sites for hydroxylation is 1. The van der Waals surface area contributed by atoms with Crippen LogP contribution in [0.1, 0.15) is 27.8 Å². The van der Waals surface area contributed by atoms with Crippen molar-refractivity contribution < 1.29 is 14.1 Å². The number of rotatable bonds is 5. The molecule has 114 valence electrons. The Morgan fingerprint density at radius 1 is 1.45 bits per heavy atom. The lowest BCUT2D eigenvalue weighted by molar-refractivity contribution is 0.0942. The quantitative estimate of drug-likeness (QED) is 0.758. The average molecular weight is 301 g/mol. The Morgan fingerprint density at radius 2 is 2.32 bits per heavy atom. The lowest BCUT2D eigenvalue weighted by Crippen LogP contribution is -2.23. The van der Waals surface area contributed by atoms with E-state index < -0.39 is 0 Å². The second-order valence-electron chi connectivity index (χ2n) is 4.77. The summed E-state index contributed by atoms with van der Waals surface area (Å²) in [5.41, 5.74) is 2.10. The monoisotopic (exact) mass is 301 g/mol. The Morgan fingerprint density at radius 3 is 3.09 bits per heavy atom. The van der Waals surface area contributed by atoms with E-state index in [1.54, 1.807) is 13.3 Å². The van der Waals surface area contributed by atoms with Gasteiger partial charge < -0.3 is 19.0 Å². The molecule has 0 aliphatic heterocycles. The second-order valence-corrected chi connectivity index (χ2v) is 4.77. The van der Waals surface area contributed by atoms with Gasteiger partial charge in [-0.1, -0.05) is 11.2 Å². The highest BCUT2D eigenvalue weighted by Crippen LogP contribution is 2.10. The van der Waals surface area contributed by atoms with Crippen molar-refractivity contribution in [2.45, 2.75) is 20.1 Å². The standard InChI is InChI=1S/C14H15N5O3/c1-9-4-3-5-19-7-10(16-13(9)19)14(20)15-6-12-17-11(8-21-2)18-22-12/h3-5,7H,6,8H2,1-2H3,(H,15,20). The van der Waals surface area contributed by atoms with E-state index in [2.05, 4.69) is 20.4 Å². The minimum Gasteiger partial charge on any atom is -0.377 e. The molecule has 22 heavy (non-hydrogen) atoms. The maximum atomic E-state index is 12.1. The van der Waals surface area contributed by atoms with Crippen molar-refractivity contribution in [2.24, 2.45) is 0 Å². The number of imidazole rings is 1. The first-order valence-corrected chi connectivity index (χ1v) is 6.70. The van der Waals surface area contributed by atoms with Gasteiger partial charge >= 0.3 is 0 Å². The Kier molecular flexibility index (Phi) is 3.84. The molecular weight excluding hydrogens is 286 g/mol. The number of nitrogens with zero attached hydrogens (tertiary/aromatic N) is 4. The molecule has 0 atom stereocenters. The SMILES string of the molecule is COCc1noc(CNC(=O)c2cn3cccc(C)c3n2)n1.